The molecule has 3 atom stereocenters. The van der Waals surface area contributed by atoms with Crippen molar-refractivity contribution >= 4 is 0 Å². The predicted molar refractivity (Wildman–Crippen MR) is 86.9 cm³/mol. The molecule has 1 aliphatic rings. The van der Waals surface area contributed by atoms with E-state index < -0.39 is 0 Å². The molecule has 0 aliphatic carbocycles. The lowest BCUT2D eigenvalue weighted by Gasteiger charge is -2.22. The molecule has 0 aromatic rings. The van der Waals surface area contributed by atoms with Gasteiger partial charge in [-0.2, -0.15) is 0 Å². The maximum Gasteiger partial charge on any atom is 0.0593 e. The average Bonchev–Trinajstić information content (AvgIpc) is 2.67. The van der Waals surface area contributed by atoms with Gasteiger partial charge < -0.3 is 14.5 Å². The highest BCUT2D eigenvalue weighted by atomic mass is 16.5. The van der Waals surface area contributed by atoms with E-state index in [1.807, 2.05) is 27.7 Å². The third-order valence-electron chi connectivity index (χ3n) is 3.68. The fraction of sp³-hybridized carbons (Fsp3) is 1.00. The van der Waals surface area contributed by atoms with Gasteiger partial charge in [-0.15, -0.1) is 0 Å². The first-order valence-electron chi connectivity index (χ1n) is 7.96. The molecule has 0 aromatic carbocycles. The smallest absolute Gasteiger partial charge is 0.0593 e. The van der Waals surface area contributed by atoms with Gasteiger partial charge in [0.05, 0.1) is 13.2 Å². The zero-order chi connectivity index (χ0) is 15.4. The second-order valence-corrected chi connectivity index (χ2v) is 5.13. The Hall–Kier alpha value is -0.120. The third-order valence-corrected chi connectivity index (χ3v) is 3.68. The summed E-state index contributed by atoms with van der Waals surface area (Å²) in [6.07, 6.45) is 1.28. The highest BCUT2D eigenvalue weighted by Gasteiger charge is 2.33. The Morgan fingerprint density at radius 1 is 1.11 bits per heavy atom. The Balaban J connectivity index is 0. The van der Waals surface area contributed by atoms with Crippen molar-refractivity contribution in [3.63, 3.8) is 0 Å². The Bertz CT molecular complexity index is 186. The van der Waals surface area contributed by atoms with Gasteiger partial charge in [0.15, 0.2) is 0 Å². The molecule has 0 N–H and O–H groups in total. The van der Waals surface area contributed by atoms with Crippen LogP contribution in [0.25, 0.3) is 0 Å². The predicted octanol–water partition coefficient (Wildman–Crippen LogP) is 3.35. The van der Waals surface area contributed by atoms with Crippen LogP contribution in [0.3, 0.4) is 0 Å². The molecule has 3 nitrogen and oxygen atoms in total. The van der Waals surface area contributed by atoms with Crippen LogP contribution in [0.4, 0.5) is 0 Å². The van der Waals surface area contributed by atoms with E-state index in [0.29, 0.717) is 18.0 Å². The Kier molecular flexibility index (Phi) is 14.4. The van der Waals surface area contributed by atoms with E-state index >= 15 is 0 Å². The summed E-state index contributed by atoms with van der Waals surface area (Å²) < 4.78 is 5.73. The Labute approximate surface area is 122 Å². The monoisotopic (exact) mass is 274 g/mol. The number of ether oxygens (including phenoxy) is 1. The van der Waals surface area contributed by atoms with Crippen LogP contribution in [-0.2, 0) is 4.74 Å². The second-order valence-electron chi connectivity index (χ2n) is 5.13. The molecule has 1 fully saturated rings. The van der Waals surface area contributed by atoms with Gasteiger partial charge in [0, 0.05) is 18.6 Å². The summed E-state index contributed by atoms with van der Waals surface area (Å²) in [5, 5.41) is 0. The summed E-state index contributed by atoms with van der Waals surface area (Å²) in [5.41, 5.74) is 0. The summed E-state index contributed by atoms with van der Waals surface area (Å²) in [6, 6.07) is 1.38. The van der Waals surface area contributed by atoms with Crippen molar-refractivity contribution in [1.29, 1.82) is 0 Å². The van der Waals surface area contributed by atoms with Crippen LogP contribution in [0.2, 0.25) is 0 Å². The van der Waals surface area contributed by atoms with Crippen molar-refractivity contribution in [3.05, 3.63) is 0 Å². The van der Waals surface area contributed by atoms with Crippen molar-refractivity contribution in [2.45, 2.75) is 60.0 Å². The minimum Gasteiger partial charge on any atom is -0.380 e. The quantitative estimate of drug-likeness (QED) is 0.715. The van der Waals surface area contributed by atoms with E-state index in [-0.39, 0.29) is 0 Å². The van der Waals surface area contributed by atoms with E-state index in [1.165, 1.54) is 6.42 Å². The zero-order valence-electron chi connectivity index (χ0n) is 14.9. The van der Waals surface area contributed by atoms with Gasteiger partial charge in [-0.25, -0.2) is 0 Å². The van der Waals surface area contributed by atoms with Gasteiger partial charge in [0.1, 0.15) is 0 Å². The molecule has 0 spiro atoms. The van der Waals surface area contributed by atoms with Crippen LogP contribution in [0.1, 0.15) is 48.0 Å². The molecule has 1 saturated heterocycles. The normalized spacial score (nSPS) is 26.5. The minimum atomic E-state index is 0.666. The first-order valence-corrected chi connectivity index (χ1v) is 7.96. The van der Waals surface area contributed by atoms with Crippen molar-refractivity contribution in [2.24, 2.45) is 5.92 Å². The molecule has 1 heterocycles. The fourth-order valence-corrected chi connectivity index (χ4v) is 2.22. The molecule has 19 heavy (non-hydrogen) atoms. The lowest BCUT2D eigenvalue weighted by Crippen LogP contribution is -2.31. The zero-order valence-corrected chi connectivity index (χ0v) is 14.9. The molecule has 3 heteroatoms. The molecule has 1 aliphatic heterocycles. The molecule has 0 radical (unpaired) electrons. The molecule has 0 amide bonds. The Morgan fingerprint density at radius 2 is 1.63 bits per heavy atom. The van der Waals surface area contributed by atoms with E-state index in [2.05, 4.69) is 44.8 Å². The van der Waals surface area contributed by atoms with Crippen LogP contribution in [0.5, 0.6) is 0 Å². The Morgan fingerprint density at radius 3 is 2.00 bits per heavy atom. The van der Waals surface area contributed by atoms with Crippen LogP contribution in [0, 0.1) is 5.92 Å². The maximum atomic E-state index is 5.73. The lowest BCUT2D eigenvalue weighted by atomic mass is 10.0. The van der Waals surface area contributed by atoms with Crippen LogP contribution >= 0.6 is 0 Å². The number of nitrogens with zero attached hydrogens (tertiary/aromatic N) is 2. The maximum absolute atomic E-state index is 5.73. The standard InChI is InChI=1S/C12H26N2O.2C2H6/c1-10-8-12(11(2)14(10)5)9-15-7-6-13(3)4;2*1-2/h10-12H,6-9H2,1-5H3;2*1-2H3/t10?,11-,12?;;/m1../s1. The highest BCUT2D eigenvalue weighted by molar-refractivity contribution is 4.87. The van der Waals surface area contributed by atoms with Gasteiger partial charge in [-0.1, -0.05) is 27.7 Å². The highest BCUT2D eigenvalue weighted by Crippen LogP contribution is 2.27. The summed E-state index contributed by atoms with van der Waals surface area (Å²) in [7, 11) is 6.38. The average molecular weight is 274 g/mol. The van der Waals surface area contributed by atoms with E-state index in [0.717, 1.165) is 19.8 Å². The van der Waals surface area contributed by atoms with E-state index in [1.54, 1.807) is 0 Å². The fourth-order valence-electron chi connectivity index (χ4n) is 2.22. The van der Waals surface area contributed by atoms with Gasteiger partial charge in [-0.05, 0) is 47.3 Å². The summed E-state index contributed by atoms with van der Waals surface area (Å²) in [5.74, 6) is 0.715. The number of rotatable bonds is 5. The van der Waals surface area contributed by atoms with Crippen LogP contribution < -0.4 is 0 Å². The van der Waals surface area contributed by atoms with Gasteiger partial charge in [0.25, 0.3) is 0 Å². The second kappa shape index (κ2) is 12.9. The van der Waals surface area contributed by atoms with Crippen molar-refractivity contribution in [2.75, 3.05) is 40.9 Å². The third kappa shape index (κ3) is 8.61. The molecule has 1 rings (SSSR count). The summed E-state index contributed by atoms with van der Waals surface area (Å²) in [4.78, 5) is 4.62. The van der Waals surface area contributed by atoms with E-state index in [4.69, 9.17) is 4.74 Å². The van der Waals surface area contributed by atoms with Gasteiger partial charge in [-0.3, -0.25) is 0 Å². The number of likely N-dealkylation sites (tertiary alicyclic amines) is 1. The van der Waals surface area contributed by atoms with Crippen molar-refractivity contribution in [3.8, 4) is 0 Å². The largest absolute Gasteiger partial charge is 0.380 e. The van der Waals surface area contributed by atoms with Gasteiger partial charge >= 0.3 is 0 Å². The van der Waals surface area contributed by atoms with Crippen molar-refractivity contribution < 1.29 is 4.74 Å². The molecular weight excluding hydrogens is 236 g/mol. The molecular formula is C16H38N2O. The minimum absolute atomic E-state index is 0.666. The summed E-state index contributed by atoms with van der Waals surface area (Å²) in [6.45, 7) is 15.4. The van der Waals surface area contributed by atoms with Crippen LogP contribution in [-0.4, -0.2) is 62.8 Å². The number of hydrogen-bond acceptors (Lipinski definition) is 3. The molecule has 2 unspecified atom stereocenters. The number of hydrogen-bond donors (Lipinski definition) is 0. The summed E-state index contributed by atoms with van der Waals surface area (Å²) >= 11 is 0. The molecule has 0 saturated carbocycles. The molecule has 0 aromatic heterocycles. The van der Waals surface area contributed by atoms with Crippen molar-refractivity contribution in [1.82, 2.24) is 9.80 Å². The first kappa shape index (κ1) is 21.2. The van der Waals surface area contributed by atoms with Crippen LogP contribution in [0.15, 0.2) is 0 Å². The topological polar surface area (TPSA) is 15.7 Å². The SMILES string of the molecule is CC.CC.CC1CC(COCCN(C)C)[C@@H](C)N1C. The molecule has 0 bridgehead atoms. The number of likely N-dealkylation sites (N-methyl/N-ethyl adjacent to an activating group) is 1. The molecule has 118 valence electrons. The first-order chi connectivity index (χ1) is 9.02. The lowest BCUT2D eigenvalue weighted by molar-refractivity contribution is 0.0782. The van der Waals surface area contributed by atoms with E-state index in [9.17, 15) is 0 Å². The van der Waals surface area contributed by atoms with Gasteiger partial charge in [0.2, 0.25) is 0 Å².